The van der Waals surface area contributed by atoms with Gasteiger partial charge in [-0.05, 0) is 44.6 Å². The molecule has 0 unspecified atom stereocenters. The van der Waals surface area contributed by atoms with E-state index >= 15 is 0 Å². The maximum Gasteiger partial charge on any atom is 0.118 e. The molecule has 18 heavy (non-hydrogen) atoms. The van der Waals surface area contributed by atoms with Crippen molar-refractivity contribution in [2.75, 3.05) is 21.2 Å². The predicted octanol–water partition coefficient (Wildman–Crippen LogP) is 2.57. The largest absolute Gasteiger partial charge is 0.497 e. The number of methoxy groups -OCH3 is 1. The molecule has 0 saturated heterocycles. The molecule has 1 saturated carbocycles. The molecule has 2 rings (SSSR count). The fourth-order valence-corrected chi connectivity index (χ4v) is 3.15. The van der Waals surface area contributed by atoms with Gasteiger partial charge in [-0.3, -0.25) is 0 Å². The third kappa shape index (κ3) is 2.25. The summed E-state index contributed by atoms with van der Waals surface area (Å²) in [5.41, 5.74) is 7.87. The summed E-state index contributed by atoms with van der Waals surface area (Å²) in [6, 6.07) is 8.24. The normalized spacial score (nSPS) is 20.1. The van der Waals surface area contributed by atoms with Gasteiger partial charge in [-0.15, -0.1) is 0 Å². The molecule has 3 nitrogen and oxygen atoms in total. The van der Waals surface area contributed by atoms with Crippen molar-refractivity contribution in [3.05, 3.63) is 29.8 Å². The van der Waals surface area contributed by atoms with Crippen LogP contribution >= 0.6 is 0 Å². The Balaban J connectivity index is 2.25. The predicted molar refractivity (Wildman–Crippen MR) is 74.8 cm³/mol. The lowest BCUT2D eigenvalue weighted by atomic mass is 9.83. The first-order valence-electron chi connectivity index (χ1n) is 6.67. The minimum Gasteiger partial charge on any atom is -0.497 e. The fourth-order valence-electron chi connectivity index (χ4n) is 3.15. The molecule has 0 aliphatic heterocycles. The van der Waals surface area contributed by atoms with Gasteiger partial charge in [0.2, 0.25) is 0 Å². The Kier molecular flexibility index (Phi) is 3.93. The molecule has 1 aliphatic rings. The number of rotatable bonds is 4. The lowest BCUT2D eigenvalue weighted by Crippen LogP contribution is -2.50. The molecule has 0 heterocycles. The molecule has 3 heteroatoms. The maximum atomic E-state index is 6.55. The van der Waals surface area contributed by atoms with Crippen LogP contribution in [0.25, 0.3) is 0 Å². The third-order valence-corrected chi connectivity index (χ3v) is 4.41. The average Bonchev–Trinajstić information content (AvgIpc) is 2.88. The Morgan fingerprint density at radius 1 is 1.17 bits per heavy atom. The van der Waals surface area contributed by atoms with E-state index in [1.54, 1.807) is 7.11 Å². The van der Waals surface area contributed by atoms with E-state index in [9.17, 15) is 0 Å². The third-order valence-electron chi connectivity index (χ3n) is 4.41. The van der Waals surface area contributed by atoms with Crippen LogP contribution in [0, 0.1) is 0 Å². The van der Waals surface area contributed by atoms with E-state index in [0.717, 1.165) is 5.75 Å². The minimum atomic E-state index is 0.0703. The molecule has 0 amide bonds. The van der Waals surface area contributed by atoms with E-state index in [1.165, 1.54) is 31.2 Å². The summed E-state index contributed by atoms with van der Waals surface area (Å²) in [7, 11) is 5.98. The van der Waals surface area contributed by atoms with Gasteiger partial charge in [-0.2, -0.15) is 0 Å². The van der Waals surface area contributed by atoms with Gasteiger partial charge < -0.3 is 15.4 Å². The van der Waals surface area contributed by atoms with E-state index in [0.29, 0.717) is 0 Å². The van der Waals surface area contributed by atoms with Crippen molar-refractivity contribution in [3.63, 3.8) is 0 Å². The Morgan fingerprint density at radius 2 is 1.72 bits per heavy atom. The molecule has 100 valence electrons. The van der Waals surface area contributed by atoms with Crippen molar-refractivity contribution >= 4 is 0 Å². The number of likely N-dealkylation sites (N-methyl/N-ethyl adjacent to an activating group) is 1. The number of hydrogen-bond acceptors (Lipinski definition) is 3. The molecular weight excluding hydrogens is 224 g/mol. The van der Waals surface area contributed by atoms with E-state index < -0.39 is 0 Å². The van der Waals surface area contributed by atoms with Crippen molar-refractivity contribution in [1.82, 2.24) is 4.90 Å². The van der Waals surface area contributed by atoms with Crippen LogP contribution in [0.3, 0.4) is 0 Å². The van der Waals surface area contributed by atoms with Crippen LogP contribution in [0.4, 0.5) is 0 Å². The Bertz CT molecular complexity index is 380. The summed E-state index contributed by atoms with van der Waals surface area (Å²) in [6.45, 7) is 0. The summed E-state index contributed by atoms with van der Waals surface area (Å²) >= 11 is 0. The van der Waals surface area contributed by atoms with Gasteiger partial charge >= 0.3 is 0 Å². The van der Waals surface area contributed by atoms with Crippen LogP contribution in [0.5, 0.6) is 5.75 Å². The highest BCUT2D eigenvalue weighted by Gasteiger charge is 2.41. The highest BCUT2D eigenvalue weighted by molar-refractivity contribution is 5.31. The fraction of sp³-hybridized carbons (Fsp3) is 0.600. The molecule has 2 N–H and O–H groups in total. The second-order valence-corrected chi connectivity index (χ2v) is 5.46. The summed E-state index contributed by atoms with van der Waals surface area (Å²) < 4.78 is 5.20. The Morgan fingerprint density at radius 3 is 2.17 bits per heavy atom. The molecule has 1 aliphatic carbocycles. The van der Waals surface area contributed by atoms with Crippen LogP contribution in [-0.2, 0) is 0 Å². The van der Waals surface area contributed by atoms with Gasteiger partial charge in [0.1, 0.15) is 5.75 Å². The minimum absolute atomic E-state index is 0.0703. The van der Waals surface area contributed by atoms with Gasteiger partial charge in [-0.25, -0.2) is 0 Å². The zero-order valence-electron chi connectivity index (χ0n) is 11.6. The van der Waals surface area contributed by atoms with Crippen molar-refractivity contribution in [2.24, 2.45) is 5.73 Å². The molecule has 0 bridgehead atoms. The van der Waals surface area contributed by atoms with E-state index in [1.807, 2.05) is 12.1 Å². The van der Waals surface area contributed by atoms with Crippen LogP contribution in [0.2, 0.25) is 0 Å². The van der Waals surface area contributed by atoms with Crippen LogP contribution in [-0.4, -0.2) is 31.6 Å². The molecule has 0 radical (unpaired) electrons. The SMILES string of the molecule is COc1ccc([C@H](N)C2(N(C)C)CCCC2)cc1. The van der Waals surface area contributed by atoms with Crippen molar-refractivity contribution in [2.45, 2.75) is 37.3 Å². The molecule has 0 spiro atoms. The molecule has 1 aromatic rings. The quantitative estimate of drug-likeness (QED) is 0.890. The highest BCUT2D eigenvalue weighted by atomic mass is 16.5. The monoisotopic (exact) mass is 248 g/mol. The molecule has 1 aromatic carbocycles. The van der Waals surface area contributed by atoms with E-state index in [2.05, 4.69) is 31.1 Å². The second kappa shape index (κ2) is 5.29. The first-order valence-corrected chi connectivity index (χ1v) is 6.67. The number of ether oxygens (including phenoxy) is 1. The van der Waals surface area contributed by atoms with Gasteiger partial charge in [0.25, 0.3) is 0 Å². The first kappa shape index (κ1) is 13.4. The van der Waals surface area contributed by atoms with Gasteiger partial charge in [0.15, 0.2) is 0 Å². The van der Waals surface area contributed by atoms with E-state index in [4.69, 9.17) is 10.5 Å². The van der Waals surface area contributed by atoms with Crippen molar-refractivity contribution in [3.8, 4) is 5.75 Å². The number of hydrogen-bond donors (Lipinski definition) is 1. The van der Waals surface area contributed by atoms with Gasteiger partial charge in [0.05, 0.1) is 7.11 Å². The summed E-state index contributed by atoms with van der Waals surface area (Å²) in [6.07, 6.45) is 4.93. The van der Waals surface area contributed by atoms with Crippen LogP contribution in [0.1, 0.15) is 37.3 Å². The summed E-state index contributed by atoms with van der Waals surface area (Å²) in [5, 5.41) is 0. The lowest BCUT2D eigenvalue weighted by Gasteiger charge is -2.41. The zero-order chi connectivity index (χ0) is 13.2. The molecule has 0 aromatic heterocycles. The molecule has 1 fully saturated rings. The molecule has 1 atom stereocenters. The smallest absolute Gasteiger partial charge is 0.118 e. The van der Waals surface area contributed by atoms with Crippen LogP contribution < -0.4 is 10.5 Å². The average molecular weight is 248 g/mol. The molecular formula is C15H24N2O. The Labute approximate surface area is 110 Å². The van der Waals surface area contributed by atoms with Crippen molar-refractivity contribution in [1.29, 1.82) is 0 Å². The number of benzene rings is 1. The summed E-state index contributed by atoms with van der Waals surface area (Å²) in [4.78, 5) is 2.31. The standard InChI is InChI=1S/C15H24N2O/c1-17(2)15(10-4-5-11-15)14(16)12-6-8-13(18-3)9-7-12/h6-9,14H,4-5,10-11,16H2,1-3H3/t14-/m0/s1. The summed E-state index contributed by atoms with van der Waals surface area (Å²) in [5.74, 6) is 0.885. The van der Waals surface area contributed by atoms with Crippen molar-refractivity contribution < 1.29 is 4.74 Å². The highest BCUT2D eigenvalue weighted by Crippen LogP contribution is 2.42. The zero-order valence-corrected chi connectivity index (χ0v) is 11.6. The van der Waals surface area contributed by atoms with Gasteiger partial charge in [0, 0.05) is 11.6 Å². The van der Waals surface area contributed by atoms with Crippen LogP contribution in [0.15, 0.2) is 24.3 Å². The number of nitrogens with zero attached hydrogens (tertiary/aromatic N) is 1. The van der Waals surface area contributed by atoms with Gasteiger partial charge in [-0.1, -0.05) is 25.0 Å². The van der Waals surface area contributed by atoms with E-state index in [-0.39, 0.29) is 11.6 Å². The lowest BCUT2D eigenvalue weighted by molar-refractivity contribution is 0.123. The first-order chi connectivity index (χ1) is 8.60. The Hall–Kier alpha value is -1.06. The number of nitrogens with two attached hydrogens (primary N) is 1. The maximum absolute atomic E-state index is 6.55. The second-order valence-electron chi connectivity index (χ2n) is 5.46. The topological polar surface area (TPSA) is 38.5 Å².